The lowest BCUT2D eigenvalue weighted by Crippen LogP contribution is -2.30. The van der Waals surface area contributed by atoms with Crippen LogP contribution in [0, 0.1) is 0 Å². The third kappa shape index (κ3) is 3.75. The predicted octanol–water partition coefficient (Wildman–Crippen LogP) is 3.10. The molecule has 5 heteroatoms. The number of nitrogens with two attached hydrogens (primary N) is 1. The number of rotatable bonds is 6. The summed E-state index contributed by atoms with van der Waals surface area (Å²) in [4.78, 5) is 8.80. The maximum atomic E-state index is 5.84. The minimum atomic E-state index is 0.380. The molecule has 3 N–H and O–H groups in total. The molecule has 1 aromatic heterocycles. The first-order valence-electron chi connectivity index (χ1n) is 7.10. The normalized spacial score (nSPS) is 17.6. The lowest BCUT2D eigenvalue weighted by atomic mass is 10.1. The number of hydrogen-bond acceptors (Lipinski definition) is 5. The van der Waals surface area contributed by atoms with Crippen LogP contribution in [-0.2, 0) is 6.42 Å². The van der Waals surface area contributed by atoms with Crippen LogP contribution < -0.4 is 11.1 Å². The Labute approximate surface area is 120 Å². The Morgan fingerprint density at radius 2 is 2.11 bits per heavy atom. The molecule has 1 heterocycles. The van der Waals surface area contributed by atoms with E-state index in [4.69, 9.17) is 5.73 Å². The zero-order chi connectivity index (χ0) is 13.7. The van der Waals surface area contributed by atoms with Crippen LogP contribution in [0.2, 0.25) is 0 Å². The van der Waals surface area contributed by atoms with Crippen molar-refractivity contribution in [3.8, 4) is 0 Å². The van der Waals surface area contributed by atoms with Gasteiger partial charge in [0.1, 0.15) is 17.5 Å². The highest BCUT2D eigenvalue weighted by Gasteiger charge is 2.32. The fraction of sp³-hybridized carbons (Fsp3) is 0.714. The number of nitrogen functional groups attached to an aromatic ring is 1. The number of nitrogens with zero attached hydrogens (tertiary/aromatic N) is 2. The number of thioether (sulfide) groups is 1. The summed E-state index contributed by atoms with van der Waals surface area (Å²) >= 11 is 1.98. The predicted molar refractivity (Wildman–Crippen MR) is 83.6 cm³/mol. The molecule has 1 aliphatic rings. The van der Waals surface area contributed by atoms with Crippen LogP contribution >= 0.6 is 11.8 Å². The molecule has 0 atom stereocenters. The van der Waals surface area contributed by atoms with Crippen molar-refractivity contribution in [2.24, 2.45) is 0 Å². The molecule has 0 saturated heterocycles. The zero-order valence-corrected chi connectivity index (χ0v) is 12.7. The highest BCUT2D eigenvalue weighted by atomic mass is 32.2. The molecule has 0 aliphatic heterocycles. The maximum absolute atomic E-state index is 5.84. The standard InChI is InChI=1S/C14H24N4S/c1-3-6-12-17-11(15)9-13(18-12)16-10-14(19-2)7-4-5-8-14/h9H,3-8,10H2,1-2H3,(H3,15,16,17,18). The summed E-state index contributed by atoms with van der Waals surface area (Å²) in [6.07, 6.45) is 9.41. The number of aryl methyl sites for hydroxylation is 1. The summed E-state index contributed by atoms with van der Waals surface area (Å²) in [5, 5.41) is 3.47. The first-order valence-corrected chi connectivity index (χ1v) is 8.32. The Morgan fingerprint density at radius 3 is 2.74 bits per heavy atom. The lowest BCUT2D eigenvalue weighted by Gasteiger charge is -2.27. The second kappa shape index (κ2) is 6.46. The van der Waals surface area contributed by atoms with E-state index >= 15 is 0 Å². The van der Waals surface area contributed by atoms with Crippen LogP contribution in [0.4, 0.5) is 11.6 Å². The van der Waals surface area contributed by atoms with Crippen LogP contribution in [-0.4, -0.2) is 27.5 Å². The van der Waals surface area contributed by atoms with E-state index in [-0.39, 0.29) is 0 Å². The van der Waals surface area contributed by atoms with E-state index in [1.807, 2.05) is 17.8 Å². The number of anilines is 2. The van der Waals surface area contributed by atoms with Crippen molar-refractivity contribution in [2.45, 2.75) is 50.2 Å². The number of hydrogen-bond donors (Lipinski definition) is 2. The monoisotopic (exact) mass is 280 g/mol. The summed E-state index contributed by atoms with van der Waals surface area (Å²) in [5.74, 6) is 2.27. The van der Waals surface area contributed by atoms with E-state index in [2.05, 4.69) is 28.5 Å². The molecule has 0 bridgehead atoms. The van der Waals surface area contributed by atoms with E-state index in [1.54, 1.807) is 0 Å². The van der Waals surface area contributed by atoms with Gasteiger partial charge in [0.05, 0.1) is 0 Å². The summed E-state index contributed by atoms with van der Waals surface area (Å²) in [6.45, 7) is 3.09. The summed E-state index contributed by atoms with van der Waals surface area (Å²) < 4.78 is 0.380. The largest absolute Gasteiger partial charge is 0.384 e. The zero-order valence-electron chi connectivity index (χ0n) is 11.9. The maximum Gasteiger partial charge on any atom is 0.133 e. The molecule has 19 heavy (non-hydrogen) atoms. The average Bonchev–Trinajstić information content (AvgIpc) is 2.86. The van der Waals surface area contributed by atoms with Gasteiger partial charge in [0, 0.05) is 23.8 Å². The van der Waals surface area contributed by atoms with E-state index in [1.165, 1.54) is 25.7 Å². The molecular formula is C14H24N4S. The third-order valence-electron chi connectivity index (χ3n) is 3.81. The van der Waals surface area contributed by atoms with Gasteiger partial charge in [0.2, 0.25) is 0 Å². The van der Waals surface area contributed by atoms with Gasteiger partial charge >= 0.3 is 0 Å². The van der Waals surface area contributed by atoms with Gasteiger partial charge < -0.3 is 11.1 Å². The van der Waals surface area contributed by atoms with Crippen molar-refractivity contribution in [3.05, 3.63) is 11.9 Å². The fourth-order valence-electron chi connectivity index (χ4n) is 2.67. The van der Waals surface area contributed by atoms with Gasteiger partial charge in [-0.2, -0.15) is 11.8 Å². The molecule has 0 unspecified atom stereocenters. The highest BCUT2D eigenvalue weighted by Crippen LogP contribution is 2.40. The number of nitrogens with one attached hydrogen (secondary N) is 1. The first-order chi connectivity index (χ1) is 9.17. The van der Waals surface area contributed by atoms with Gasteiger partial charge in [0.25, 0.3) is 0 Å². The third-order valence-corrected chi connectivity index (χ3v) is 5.22. The molecule has 4 nitrogen and oxygen atoms in total. The highest BCUT2D eigenvalue weighted by molar-refractivity contribution is 8.00. The molecule has 1 aromatic rings. The first kappa shape index (κ1) is 14.4. The van der Waals surface area contributed by atoms with Gasteiger partial charge in [-0.05, 0) is 25.5 Å². The van der Waals surface area contributed by atoms with Gasteiger partial charge in [-0.1, -0.05) is 19.8 Å². The fourth-order valence-corrected chi connectivity index (χ4v) is 3.58. The van der Waals surface area contributed by atoms with E-state index < -0.39 is 0 Å². The van der Waals surface area contributed by atoms with Gasteiger partial charge in [-0.25, -0.2) is 9.97 Å². The Balaban J connectivity index is 2.02. The summed E-state index contributed by atoms with van der Waals surface area (Å²) in [6, 6.07) is 1.84. The molecule has 1 saturated carbocycles. The van der Waals surface area contributed by atoms with Crippen molar-refractivity contribution < 1.29 is 0 Å². The number of aromatic nitrogens is 2. The van der Waals surface area contributed by atoms with Crippen LogP contribution in [0.3, 0.4) is 0 Å². The van der Waals surface area contributed by atoms with Crippen molar-refractivity contribution >= 4 is 23.4 Å². The molecule has 0 spiro atoms. The SMILES string of the molecule is CCCc1nc(N)cc(NCC2(SC)CCCC2)n1. The minimum absolute atomic E-state index is 0.380. The van der Waals surface area contributed by atoms with Crippen LogP contribution in [0.25, 0.3) is 0 Å². The molecule has 2 rings (SSSR count). The van der Waals surface area contributed by atoms with Crippen LogP contribution in [0.5, 0.6) is 0 Å². The van der Waals surface area contributed by atoms with Crippen molar-refractivity contribution in [2.75, 3.05) is 23.9 Å². The van der Waals surface area contributed by atoms with Crippen molar-refractivity contribution in [3.63, 3.8) is 0 Å². The van der Waals surface area contributed by atoms with Gasteiger partial charge in [-0.15, -0.1) is 0 Å². The van der Waals surface area contributed by atoms with Crippen LogP contribution in [0.15, 0.2) is 6.07 Å². The Hall–Kier alpha value is -0.970. The van der Waals surface area contributed by atoms with Gasteiger partial charge in [0.15, 0.2) is 0 Å². The smallest absolute Gasteiger partial charge is 0.133 e. The summed E-state index contributed by atoms with van der Waals surface area (Å²) in [5.41, 5.74) is 5.84. The molecule has 106 valence electrons. The Kier molecular flexibility index (Phi) is 4.91. The Bertz CT molecular complexity index is 416. The molecule has 0 aromatic carbocycles. The second-order valence-electron chi connectivity index (χ2n) is 5.29. The second-order valence-corrected chi connectivity index (χ2v) is 6.57. The molecular weight excluding hydrogens is 256 g/mol. The van der Waals surface area contributed by atoms with E-state index in [9.17, 15) is 0 Å². The molecule has 0 radical (unpaired) electrons. The topological polar surface area (TPSA) is 63.8 Å². The average molecular weight is 280 g/mol. The van der Waals surface area contributed by atoms with E-state index in [0.717, 1.165) is 31.0 Å². The molecule has 1 aliphatic carbocycles. The molecule has 1 fully saturated rings. The molecule has 0 amide bonds. The Morgan fingerprint density at radius 1 is 1.37 bits per heavy atom. The minimum Gasteiger partial charge on any atom is -0.384 e. The van der Waals surface area contributed by atoms with Crippen molar-refractivity contribution in [1.82, 2.24) is 9.97 Å². The summed E-state index contributed by atoms with van der Waals surface area (Å²) in [7, 11) is 0. The van der Waals surface area contributed by atoms with Gasteiger partial charge in [-0.3, -0.25) is 0 Å². The van der Waals surface area contributed by atoms with Crippen molar-refractivity contribution in [1.29, 1.82) is 0 Å². The van der Waals surface area contributed by atoms with E-state index in [0.29, 0.717) is 10.6 Å². The quantitative estimate of drug-likeness (QED) is 0.838. The van der Waals surface area contributed by atoms with Crippen LogP contribution in [0.1, 0.15) is 44.9 Å². The lowest BCUT2D eigenvalue weighted by molar-refractivity contribution is 0.638.